The topological polar surface area (TPSA) is 65.0 Å². The molecule has 1 aromatic rings. The van der Waals surface area contributed by atoms with Crippen LogP contribution in [0.15, 0.2) is 18.2 Å². The van der Waals surface area contributed by atoms with Gasteiger partial charge >= 0.3 is 5.97 Å². The predicted octanol–water partition coefficient (Wildman–Crippen LogP) is 1.44. The number of hydrogen-bond donors (Lipinski definition) is 1. The van der Waals surface area contributed by atoms with Gasteiger partial charge in [-0.05, 0) is 24.6 Å². The summed E-state index contributed by atoms with van der Waals surface area (Å²) >= 11 is 0. The maximum Gasteiger partial charge on any atom is 0.339 e. The van der Waals surface area contributed by atoms with E-state index < -0.39 is 12.1 Å². The van der Waals surface area contributed by atoms with Gasteiger partial charge < -0.3 is 19.3 Å². The van der Waals surface area contributed by atoms with Gasteiger partial charge in [-0.3, -0.25) is 0 Å². The highest BCUT2D eigenvalue weighted by atomic mass is 16.5. The van der Waals surface area contributed by atoms with Crippen molar-refractivity contribution in [3.05, 3.63) is 29.3 Å². The molecule has 1 unspecified atom stereocenters. The minimum atomic E-state index is -1.33. The second-order valence-corrected chi connectivity index (χ2v) is 3.65. The van der Waals surface area contributed by atoms with Crippen molar-refractivity contribution >= 4 is 5.97 Å². The SMILES string of the molecule is CCOC(=O)C(O)c1cc(OC)ccc1COC. The lowest BCUT2D eigenvalue weighted by atomic mass is 10.0. The Morgan fingerprint density at radius 3 is 2.67 bits per heavy atom. The van der Waals surface area contributed by atoms with Crippen LogP contribution in [0.4, 0.5) is 0 Å². The van der Waals surface area contributed by atoms with Crippen LogP contribution in [0.1, 0.15) is 24.2 Å². The number of ether oxygens (including phenoxy) is 3. The molecule has 100 valence electrons. The van der Waals surface area contributed by atoms with E-state index in [1.165, 1.54) is 7.11 Å². The average molecular weight is 254 g/mol. The molecule has 18 heavy (non-hydrogen) atoms. The Morgan fingerprint density at radius 1 is 1.39 bits per heavy atom. The number of aliphatic hydroxyl groups excluding tert-OH is 1. The highest BCUT2D eigenvalue weighted by Crippen LogP contribution is 2.25. The van der Waals surface area contributed by atoms with Crippen LogP contribution in [0.5, 0.6) is 5.75 Å². The van der Waals surface area contributed by atoms with Crippen molar-refractivity contribution in [2.45, 2.75) is 19.6 Å². The Labute approximate surface area is 106 Å². The second-order valence-electron chi connectivity index (χ2n) is 3.65. The molecule has 0 aliphatic carbocycles. The molecule has 0 amide bonds. The fraction of sp³-hybridized carbons (Fsp3) is 0.462. The molecule has 0 spiro atoms. The Kier molecular flexibility index (Phi) is 5.61. The number of rotatable bonds is 6. The third kappa shape index (κ3) is 3.45. The van der Waals surface area contributed by atoms with E-state index >= 15 is 0 Å². The monoisotopic (exact) mass is 254 g/mol. The number of methoxy groups -OCH3 is 2. The van der Waals surface area contributed by atoms with Crippen LogP contribution in [0, 0.1) is 0 Å². The molecule has 5 nitrogen and oxygen atoms in total. The van der Waals surface area contributed by atoms with Gasteiger partial charge in [0, 0.05) is 12.7 Å². The first kappa shape index (κ1) is 14.5. The molecule has 0 aromatic heterocycles. The lowest BCUT2D eigenvalue weighted by Gasteiger charge is -2.15. The zero-order chi connectivity index (χ0) is 13.5. The van der Waals surface area contributed by atoms with Gasteiger partial charge in [0.15, 0.2) is 6.10 Å². The quantitative estimate of drug-likeness (QED) is 0.778. The van der Waals surface area contributed by atoms with Gasteiger partial charge in [0.1, 0.15) is 5.75 Å². The van der Waals surface area contributed by atoms with Crippen molar-refractivity contribution < 1.29 is 24.1 Å². The fourth-order valence-electron chi connectivity index (χ4n) is 1.59. The van der Waals surface area contributed by atoms with E-state index in [1.54, 1.807) is 32.2 Å². The largest absolute Gasteiger partial charge is 0.497 e. The Hall–Kier alpha value is -1.59. The molecule has 0 aliphatic rings. The molecule has 1 atom stereocenters. The molecule has 0 fully saturated rings. The predicted molar refractivity (Wildman–Crippen MR) is 65.3 cm³/mol. The molecule has 0 radical (unpaired) electrons. The zero-order valence-corrected chi connectivity index (χ0v) is 10.8. The second kappa shape index (κ2) is 6.98. The van der Waals surface area contributed by atoms with Crippen LogP contribution in [0.3, 0.4) is 0 Å². The molecule has 0 saturated carbocycles. The van der Waals surface area contributed by atoms with Crippen molar-refractivity contribution in [2.24, 2.45) is 0 Å². The van der Waals surface area contributed by atoms with Gasteiger partial charge in [-0.1, -0.05) is 6.07 Å². The van der Waals surface area contributed by atoms with Gasteiger partial charge in [0.25, 0.3) is 0 Å². The van der Waals surface area contributed by atoms with E-state index in [1.807, 2.05) is 0 Å². The maximum atomic E-state index is 11.5. The molecule has 0 bridgehead atoms. The van der Waals surface area contributed by atoms with Crippen LogP contribution >= 0.6 is 0 Å². The average Bonchev–Trinajstić information content (AvgIpc) is 2.39. The summed E-state index contributed by atoms with van der Waals surface area (Å²) in [4.78, 5) is 11.5. The van der Waals surface area contributed by atoms with Crippen LogP contribution < -0.4 is 4.74 Å². The minimum absolute atomic E-state index is 0.222. The number of aliphatic hydroxyl groups is 1. The zero-order valence-electron chi connectivity index (χ0n) is 10.8. The standard InChI is InChI=1S/C13H18O5/c1-4-18-13(15)12(14)11-7-10(17-3)6-5-9(11)8-16-2/h5-7,12,14H,4,8H2,1-3H3. The molecule has 5 heteroatoms. The highest BCUT2D eigenvalue weighted by molar-refractivity contribution is 5.77. The first-order valence-corrected chi connectivity index (χ1v) is 5.64. The lowest BCUT2D eigenvalue weighted by Crippen LogP contribution is -2.17. The summed E-state index contributed by atoms with van der Waals surface area (Å²) in [6.07, 6.45) is -1.33. The van der Waals surface area contributed by atoms with Crippen molar-refractivity contribution in [1.29, 1.82) is 0 Å². The van der Waals surface area contributed by atoms with E-state index in [4.69, 9.17) is 14.2 Å². The van der Waals surface area contributed by atoms with Gasteiger partial charge in [0.05, 0.1) is 20.3 Å². The number of benzene rings is 1. The molecule has 1 aromatic carbocycles. The number of esters is 1. The Morgan fingerprint density at radius 2 is 2.11 bits per heavy atom. The van der Waals surface area contributed by atoms with Gasteiger partial charge in [-0.2, -0.15) is 0 Å². The van der Waals surface area contributed by atoms with Crippen LogP contribution in [0.2, 0.25) is 0 Å². The van der Waals surface area contributed by atoms with Crippen LogP contribution in [-0.4, -0.2) is 31.9 Å². The molecule has 1 N–H and O–H groups in total. The van der Waals surface area contributed by atoms with E-state index in [0.717, 1.165) is 5.56 Å². The van der Waals surface area contributed by atoms with Crippen molar-refractivity contribution in [3.8, 4) is 5.75 Å². The van der Waals surface area contributed by atoms with Crippen molar-refractivity contribution in [1.82, 2.24) is 0 Å². The van der Waals surface area contributed by atoms with Crippen LogP contribution in [-0.2, 0) is 20.9 Å². The van der Waals surface area contributed by atoms with E-state index in [2.05, 4.69) is 0 Å². The fourth-order valence-corrected chi connectivity index (χ4v) is 1.59. The summed E-state index contributed by atoms with van der Waals surface area (Å²) < 4.78 is 14.9. The molecular formula is C13H18O5. The van der Waals surface area contributed by atoms with E-state index in [9.17, 15) is 9.90 Å². The van der Waals surface area contributed by atoms with Gasteiger partial charge in [-0.15, -0.1) is 0 Å². The molecular weight excluding hydrogens is 236 g/mol. The molecule has 0 aliphatic heterocycles. The smallest absolute Gasteiger partial charge is 0.339 e. The summed E-state index contributed by atoms with van der Waals surface area (Å²) in [5.41, 5.74) is 1.16. The van der Waals surface area contributed by atoms with Crippen molar-refractivity contribution in [2.75, 3.05) is 20.8 Å². The van der Waals surface area contributed by atoms with Gasteiger partial charge in [0.2, 0.25) is 0 Å². The molecule has 1 rings (SSSR count). The highest BCUT2D eigenvalue weighted by Gasteiger charge is 2.22. The minimum Gasteiger partial charge on any atom is -0.497 e. The first-order chi connectivity index (χ1) is 8.63. The number of hydrogen-bond acceptors (Lipinski definition) is 5. The summed E-state index contributed by atoms with van der Waals surface area (Å²) in [5.74, 6) is -0.115. The Balaban J connectivity index is 3.05. The Bertz CT molecular complexity index is 402. The van der Waals surface area contributed by atoms with E-state index in [-0.39, 0.29) is 6.61 Å². The molecule has 0 saturated heterocycles. The third-order valence-corrected chi connectivity index (χ3v) is 2.46. The normalized spacial score (nSPS) is 12.0. The first-order valence-electron chi connectivity index (χ1n) is 5.64. The summed E-state index contributed by atoms with van der Waals surface area (Å²) in [6, 6.07) is 5.10. The van der Waals surface area contributed by atoms with Crippen LogP contribution in [0.25, 0.3) is 0 Å². The van der Waals surface area contributed by atoms with E-state index in [0.29, 0.717) is 17.9 Å². The summed E-state index contributed by atoms with van der Waals surface area (Å²) in [7, 11) is 3.07. The lowest BCUT2D eigenvalue weighted by molar-refractivity contribution is -0.153. The maximum absolute atomic E-state index is 11.5. The molecule has 0 heterocycles. The number of carbonyl (C=O) groups excluding carboxylic acids is 1. The van der Waals surface area contributed by atoms with Gasteiger partial charge in [-0.25, -0.2) is 4.79 Å². The third-order valence-electron chi connectivity index (χ3n) is 2.46. The summed E-state index contributed by atoms with van der Waals surface area (Å²) in [5, 5.41) is 9.96. The number of carbonyl (C=O) groups is 1. The summed E-state index contributed by atoms with van der Waals surface area (Å²) in [6.45, 7) is 2.21. The van der Waals surface area contributed by atoms with Crippen molar-refractivity contribution in [3.63, 3.8) is 0 Å².